The van der Waals surface area contributed by atoms with Crippen molar-refractivity contribution in [1.82, 2.24) is 5.32 Å². The van der Waals surface area contributed by atoms with Crippen LogP contribution >= 0.6 is 8.58 Å². The summed E-state index contributed by atoms with van der Waals surface area (Å²) < 4.78 is 0. The molecule has 2 unspecified atom stereocenters. The van der Waals surface area contributed by atoms with Crippen molar-refractivity contribution in [2.75, 3.05) is 13.2 Å². The topological polar surface area (TPSA) is 12.0 Å². The van der Waals surface area contributed by atoms with Crippen molar-refractivity contribution < 1.29 is 0 Å². The molecule has 2 heteroatoms. The van der Waals surface area contributed by atoms with Crippen LogP contribution in [0.5, 0.6) is 0 Å². The third kappa shape index (κ3) is 1.72. The number of rotatable bonds is 1. The molecule has 0 radical (unpaired) electrons. The van der Waals surface area contributed by atoms with Gasteiger partial charge in [0.15, 0.2) is 0 Å². The second-order valence-corrected chi connectivity index (χ2v) is 3.90. The summed E-state index contributed by atoms with van der Waals surface area (Å²) in [5.41, 5.74) is 0. The first kappa shape index (κ1) is 6.51. The smallest absolute Gasteiger partial charge is 0.0237 e. The molecule has 0 aromatic rings. The van der Waals surface area contributed by atoms with Gasteiger partial charge in [-0.3, -0.25) is 0 Å². The molecule has 1 aliphatic heterocycles. The average molecular weight is 131 g/mol. The Morgan fingerprint density at radius 2 is 2.38 bits per heavy atom. The monoisotopic (exact) mass is 131 g/mol. The lowest BCUT2D eigenvalue weighted by molar-refractivity contribution is 0.605. The van der Waals surface area contributed by atoms with Gasteiger partial charge in [0.2, 0.25) is 0 Å². The summed E-state index contributed by atoms with van der Waals surface area (Å²) in [4.78, 5) is 0. The Morgan fingerprint density at radius 1 is 1.50 bits per heavy atom. The zero-order valence-electron chi connectivity index (χ0n) is 5.41. The Labute approximate surface area is 53.0 Å². The maximum absolute atomic E-state index is 3.32. The SMILES string of the molecule is CNC1CCCCP1. The molecule has 0 bridgehead atoms. The molecule has 1 saturated heterocycles. The van der Waals surface area contributed by atoms with Gasteiger partial charge >= 0.3 is 0 Å². The van der Waals surface area contributed by atoms with Crippen molar-refractivity contribution in [2.24, 2.45) is 0 Å². The van der Waals surface area contributed by atoms with E-state index in [1.54, 1.807) is 0 Å². The van der Waals surface area contributed by atoms with Crippen LogP contribution in [0.25, 0.3) is 0 Å². The first-order valence-corrected chi connectivity index (χ1v) is 4.62. The van der Waals surface area contributed by atoms with E-state index < -0.39 is 0 Å². The van der Waals surface area contributed by atoms with Gasteiger partial charge in [0.05, 0.1) is 0 Å². The summed E-state index contributed by atoms with van der Waals surface area (Å²) >= 11 is 0. The molecule has 8 heavy (non-hydrogen) atoms. The predicted molar refractivity (Wildman–Crippen MR) is 39.9 cm³/mol. The molecule has 1 nitrogen and oxygen atoms in total. The summed E-state index contributed by atoms with van der Waals surface area (Å²) in [5, 5.41) is 3.32. The standard InChI is InChI=1S/C6H14NP/c1-7-6-4-2-3-5-8-6/h6-8H,2-5H2,1H3. The molecule has 1 N–H and O–H groups in total. The zero-order valence-corrected chi connectivity index (χ0v) is 6.41. The van der Waals surface area contributed by atoms with Crippen LogP contribution in [-0.4, -0.2) is 19.0 Å². The molecule has 1 rings (SSSR count). The highest BCUT2D eigenvalue weighted by molar-refractivity contribution is 7.38. The Morgan fingerprint density at radius 3 is 2.75 bits per heavy atom. The summed E-state index contributed by atoms with van der Waals surface area (Å²) in [6, 6.07) is 0. The minimum absolute atomic E-state index is 0.865. The fourth-order valence-corrected chi connectivity index (χ4v) is 2.51. The highest BCUT2D eigenvalue weighted by atomic mass is 31.1. The summed E-state index contributed by atoms with van der Waals surface area (Å²) in [5.74, 6) is 0.865. The minimum Gasteiger partial charge on any atom is -0.313 e. The molecule has 48 valence electrons. The maximum Gasteiger partial charge on any atom is 0.0237 e. The molecule has 0 saturated carbocycles. The van der Waals surface area contributed by atoms with Crippen LogP contribution in [-0.2, 0) is 0 Å². The van der Waals surface area contributed by atoms with Gasteiger partial charge in [-0.25, -0.2) is 0 Å². The summed E-state index contributed by atoms with van der Waals surface area (Å²) in [6.07, 6.45) is 5.79. The van der Waals surface area contributed by atoms with Crippen molar-refractivity contribution in [3.63, 3.8) is 0 Å². The van der Waals surface area contributed by atoms with Gasteiger partial charge in [0.1, 0.15) is 0 Å². The van der Waals surface area contributed by atoms with E-state index in [4.69, 9.17) is 0 Å². The Bertz CT molecular complexity index is 59.5. The lowest BCUT2D eigenvalue weighted by Gasteiger charge is -2.20. The van der Waals surface area contributed by atoms with Crippen LogP contribution in [0.2, 0.25) is 0 Å². The van der Waals surface area contributed by atoms with Gasteiger partial charge in [-0.15, -0.1) is 8.58 Å². The van der Waals surface area contributed by atoms with Gasteiger partial charge in [-0.1, -0.05) is 6.42 Å². The fourth-order valence-electron chi connectivity index (χ4n) is 1.10. The van der Waals surface area contributed by atoms with Crippen LogP contribution in [0.1, 0.15) is 19.3 Å². The lowest BCUT2D eigenvalue weighted by Crippen LogP contribution is -2.22. The molecular formula is C6H14NP. The van der Waals surface area contributed by atoms with Crippen molar-refractivity contribution >= 4 is 8.58 Å². The van der Waals surface area contributed by atoms with Crippen LogP contribution in [0.15, 0.2) is 0 Å². The Hall–Kier alpha value is 0.390. The summed E-state index contributed by atoms with van der Waals surface area (Å²) in [6.45, 7) is 0. The Kier molecular flexibility index (Phi) is 2.78. The van der Waals surface area contributed by atoms with Crippen LogP contribution < -0.4 is 5.32 Å². The Balaban J connectivity index is 2.13. The van der Waals surface area contributed by atoms with E-state index in [-0.39, 0.29) is 0 Å². The second-order valence-electron chi connectivity index (χ2n) is 2.29. The molecule has 2 atom stereocenters. The number of hydrogen-bond acceptors (Lipinski definition) is 1. The molecule has 0 aromatic heterocycles. The van der Waals surface area contributed by atoms with Gasteiger partial charge < -0.3 is 5.32 Å². The van der Waals surface area contributed by atoms with E-state index in [2.05, 4.69) is 12.4 Å². The molecule has 0 aliphatic carbocycles. The van der Waals surface area contributed by atoms with Crippen LogP contribution in [0.3, 0.4) is 0 Å². The fraction of sp³-hybridized carbons (Fsp3) is 1.00. The van der Waals surface area contributed by atoms with Gasteiger partial charge in [0, 0.05) is 5.78 Å². The van der Waals surface area contributed by atoms with E-state index in [0.717, 1.165) is 5.78 Å². The molecule has 1 fully saturated rings. The van der Waals surface area contributed by atoms with Gasteiger partial charge in [-0.05, 0) is 26.1 Å². The molecule has 1 aliphatic rings. The minimum atomic E-state index is 0.865. The van der Waals surface area contributed by atoms with Crippen molar-refractivity contribution in [3.8, 4) is 0 Å². The normalized spacial score (nSPS) is 33.4. The van der Waals surface area contributed by atoms with Crippen LogP contribution in [0, 0.1) is 0 Å². The lowest BCUT2D eigenvalue weighted by atomic mass is 10.2. The highest BCUT2D eigenvalue weighted by Gasteiger charge is 2.08. The largest absolute Gasteiger partial charge is 0.313 e. The van der Waals surface area contributed by atoms with E-state index in [9.17, 15) is 0 Å². The van der Waals surface area contributed by atoms with Crippen molar-refractivity contribution in [1.29, 1.82) is 0 Å². The number of hydrogen-bond donors (Lipinski definition) is 1. The molecule has 0 amide bonds. The molecule has 0 aromatic carbocycles. The van der Waals surface area contributed by atoms with E-state index in [1.807, 2.05) is 0 Å². The third-order valence-electron chi connectivity index (χ3n) is 1.66. The van der Waals surface area contributed by atoms with Gasteiger partial charge in [0.25, 0.3) is 0 Å². The predicted octanol–water partition coefficient (Wildman–Crippen LogP) is 1.39. The zero-order chi connectivity index (χ0) is 5.82. The van der Waals surface area contributed by atoms with Crippen molar-refractivity contribution in [2.45, 2.75) is 25.0 Å². The van der Waals surface area contributed by atoms with Crippen molar-refractivity contribution in [3.05, 3.63) is 0 Å². The first-order chi connectivity index (χ1) is 3.93. The van der Waals surface area contributed by atoms with E-state index in [0.29, 0.717) is 0 Å². The van der Waals surface area contributed by atoms with Crippen LogP contribution in [0.4, 0.5) is 0 Å². The molecule has 1 heterocycles. The average Bonchev–Trinajstić information content (AvgIpc) is 1.90. The van der Waals surface area contributed by atoms with E-state index >= 15 is 0 Å². The van der Waals surface area contributed by atoms with E-state index in [1.165, 1.54) is 34.0 Å². The maximum atomic E-state index is 3.32. The quantitative estimate of drug-likeness (QED) is 0.530. The summed E-state index contributed by atoms with van der Waals surface area (Å²) in [7, 11) is 3.25. The third-order valence-corrected chi connectivity index (χ3v) is 3.37. The molecule has 0 spiro atoms. The second kappa shape index (κ2) is 3.42. The van der Waals surface area contributed by atoms with Gasteiger partial charge in [-0.2, -0.15) is 0 Å². The highest BCUT2D eigenvalue weighted by Crippen LogP contribution is 2.27. The number of nitrogens with one attached hydrogen (secondary N) is 1. The molecular weight excluding hydrogens is 117 g/mol. The first-order valence-electron chi connectivity index (χ1n) is 3.34.